The van der Waals surface area contributed by atoms with Gasteiger partial charge < -0.3 is 8.74 Å². The van der Waals surface area contributed by atoms with Gasteiger partial charge in [0, 0.05) is 0 Å². The van der Waals surface area contributed by atoms with Crippen LogP contribution in [0.15, 0.2) is 11.8 Å². The highest BCUT2D eigenvalue weighted by Crippen LogP contribution is 2.32. The summed E-state index contributed by atoms with van der Waals surface area (Å²) in [5.41, 5.74) is -11.6. The highest BCUT2D eigenvalue weighted by Gasteiger charge is 2.52. The molecule has 24 heavy (non-hydrogen) atoms. The van der Waals surface area contributed by atoms with Gasteiger partial charge in [-0.05, 0) is 0 Å². The van der Waals surface area contributed by atoms with Crippen LogP contribution in [0, 0.1) is 0 Å². The minimum atomic E-state index is -6.37. The molecule has 0 aromatic heterocycles. The van der Waals surface area contributed by atoms with E-state index < -0.39 is 43.2 Å². The largest absolute Gasteiger partial charge is 0.741 e. The molecule has 0 aliphatic rings. The molecule has 2 N–H and O–H groups in total. The van der Waals surface area contributed by atoms with Gasteiger partial charge in [-0.2, -0.15) is 47.9 Å². The number of hydrogen-bond acceptors (Lipinski definition) is 6. The van der Waals surface area contributed by atoms with E-state index in [2.05, 4.69) is 9.59 Å². The molecule has 18 heteroatoms. The zero-order valence-corrected chi connectivity index (χ0v) is 12.0. The minimum Gasteiger partial charge on any atom is -0.741 e. The predicted molar refractivity (Wildman–Crippen MR) is 53.9 cm³/mol. The third kappa shape index (κ3) is 8.34. The first-order valence-electron chi connectivity index (χ1n) is 4.52. The maximum absolute atomic E-state index is 11.9. The fourth-order valence-electron chi connectivity index (χ4n) is 0.422. The summed E-state index contributed by atoms with van der Waals surface area (Å²) in [7, 11) is -12.5. The molecule has 0 atom stereocenters. The summed E-state index contributed by atoms with van der Waals surface area (Å²) in [6.45, 7) is 0. The van der Waals surface area contributed by atoms with Crippen LogP contribution < -0.4 is 5.41 Å². The van der Waals surface area contributed by atoms with Crippen LogP contribution in [0.25, 0.3) is 0 Å². The van der Waals surface area contributed by atoms with E-state index >= 15 is 0 Å². The first kappa shape index (κ1) is 24.7. The Hall–Kier alpha value is -1.56. The van der Waals surface area contributed by atoms with Crippen molar-refractivity contribution in [2.45, 2.75) is 17.2 Å². The molecule has 0 amide bonds. The molecule has 0 saturated carbocycles. The van der Waals surface area contributed by atoms with Crippen molar-refractivity contribution in [3.63, 3.8) is 0 Å². The minimum absolute atomic E-state index is 0.150. The van der Waals surface area contributed by atoms with Crippen LogP contribution >= 0.6 is 0 Å². The quantitative estimate of drug-likeness (QED) is 0.173. The van der Waals surface area contributed by atoms with Crippen molar-refractivity contribution in [2.75, 3.05) is 0 Å². The maximum atomic E-state index is 11.9. The molecule has 0 spiro atoms. The van der Waals surface area contributed by atoms with Crippen molar-refractivity contribution in [1.29, 1.82) is 0 Å². The Labute approximate surface area is 127 Å². The lowest BCUT2D eigenvalue weighted by molar-refractivity contribution is -0.122. The van der Waals surface area contributed by atoms with Gasteiger partial charge in [0.2, 0.25) is 5.76 Å². The average Bonchev–Trinajstić information content (AvgIpc) is 2.23. The van der Waals surface area contributed by atoms with Gasteiger partial charge in [-0.15, -0.1) is 0 Å². The third-order valence-electron chi connectivity index (χ3n) is 1.29. The van der Waals surface area contributed by atoms with Crippen LogP contribution in [0.4, 0.5) is 39.5 Å². The Bertz CT molecular complexity index is 669. The molecule has 7 nitrogen and oxygen atoms in total. The van der Waals surface area contributed by atoms with Crippen molar-refractivity contribution >= 4 is 26.5 Å². The molecule has 0 aromatic carbocycles. The van der Waals surface area contributed by atoms with Crippen molar-refractivity contribution in [1.82, 2.24) is 0 Å². The topological polar surface area (TPSA) is 126 Å². The highest BCUT2D eigenvalue weighted by atomic mass is 32.2. The molecular weight excluding hydrogens is 417 g/mol. The molecule has 0 radical (unpaired) electrons. The zero-order chi connectivity index (χ0) is 20.2. The van der Waals surface area contributed by atoms with E-state index in [1.807, 2.05) is 0 Å². The van der Waals surface area contributed by atoms with Crippen LogP contribution in [0.5, 0.6) is 0 Å². The molecule has 0 rings (SSSR count). The Morgan fingerprint density at radius 2 is 1.21 bits per heavy atom. The summed E-state index contributed by atoms with van der Waals surface area (Å²) in [5.74, 6) is -2.38. The molecule has 0 heterocycles. The van der Waals surface area contributed by atoms with Gasteiger partial charge in [0.25, 0.3) is 0 Å². The van der Waals surface area contributed by atoms with Crippen molar-refractivity contribution in [3.05, 3.63) is 11.8 Å². The number of alkyl halides is 9. The summed E-state index contributed by atoms with van der Waals surface area (Å²) in [5, 5.41) is 4.50. The first-order valence-corrected chi connectivity index (χ1v) is 7.34. The number of nitrogens with two attached hydrogens (primary N) is 1. The van der Waals surface area contributed by atoms with Crippen molar-refractivity contribution < 1.29 is 70.5 Å². The smallest absolute Gasteiger partial charge is 0.534 e. The van der Waals surface area contributed by atoms with Crippen molar-refractivity contribution in [3.8, 4) is 0 Å². The number of hydrogen-bond donors (Lipinski definition) is 1. The number of allylic oxidation sites excluding steroid dienone is 2. The van der Waals surface area contributed by atoms with Gasteiger partial charge in [-0.25, -0.2) is 8.42 Å². The standard InChI is InChI=1S/C5H3F6NO3S.CHF3O3S/c6-4(7,8)3(1-2-12)15-16(13,14)5(9,10)11;2-1(3,4)8(5,6)7/h1-2,12H;(H,5,6,7). The van der Waals surface area contributed by atoms with Gasteiger partial charge in [0.05, 0.1) is 6.08 Å². The van der Waals surface area contributed by atoms with E-state index in [0.717, 1.165) is 0 Å². The van der Waals surface area contributed by atoms with E-state index in [0.29, 0.717) is 0 Å². The van der Waals surface area contributed by atoms with Gasteiger partial charge in [0.15, 0.2) is 16.3 Å². The summed E-state index contributed by atoms with van der Waals surface area (Å²) in [6, 6.07) is 0. The first-order chi connectivity index (χ1) is 10.2. The normalized spacial score (nSPS) is 14.5. The molecule has 0 aliphatic carbocycles. The van der Waals surface area contributed by atoms with Gasteiger partial charge in [0.1, 0.15) is 0 Å². The van der Waals surface area contributed by atoms with E-state index in [4.69, 9.17) is 13.0 Å². The van der Waals surface area contributed by atoms with E-state index in [1.165, 1.54) is 0 Å². The Morgan fingerprint density at radius 1 is 0.875 bits per heavy atom. The Balaban J connectivity index is 0. The van der Waals surface area contributed by atoms with Gasteiger partial charge in [-0.3, -0.25) is 5.41 Å². The van der Waals surface area contributed by atoms with Crippen LogP contribution in [-0.2, 0) is 24.4 Å². The molecule has 0 aliphatic heterocycles. The molecule has 0 unspecified atom stereocenters. The SMILES string of the molecule is O=S(=O)([O-])C(F)(F)F.[NH2+]=CC=C(OS(=O)(=O)C(F)(F)F)C(F)(F)F. The van der Waals surface area contributed by atoms with Crippen LogP contribution in [0.3, 0.4) is 0 Å². The average molecular weight is 421 g/mol. The molecule has 0 saturated heterocycles. The number of rotatable bonds is 3. The Kier molecular flexibility index (Phi) is 7.77. The third-order valence-corrected chi connectivity index (χ3v) is 2.83. The van der Waals surface area contributed by atoms with Crippen LogP contribution in [0.2, 0.25) is 0 Å². The lowest BCUT2D eigenvalue weighted by Crippen LogP contribution is -2.31. The fraction of sp³-hybridized carbons (Fsp3) is 0.500. The molecule has 144 valence electrons. The van der Waals surface area contributed by atoms with Gasteiger partial charge >= 0.3 is 27.3 Å². The summed E-state index contributed by atoms with van der Waals surface area (Å²) in [6.07, 6.45) is -5.37. The summed E-state index contributed by atoms with van der Waals surface area (Å²) < 4.78 is 153. The fourth-order valence-corrected chi connectivity index (χ4v) is 0.903. The summed E-state index contributed by atoms with van der Waals surface area (Å²) in [4.78, 5) is 0. The molecular formula is C6H4F9NO6S2. The summed E-state index contributed by atoms with van der Waals surface area (Å²) >= 11 is 0. The second-order valence-corrected chi connectivity index (χ2v) is 6.01. The molecule has 0 fully saturated rings. The second-order valence-electron chi connectivity index (χ2n) is 3.10. The molecule has 0 bridgehead atoms. The van der Waals surface area contributed by atoms with E-state index in [-0.39, 0.29) is 12.3 Å². The number of halogens is 9. The Morgan fingerprint density at radius 3 is 1.38 bits per heavy atom. The van der Waals surface area contributed by atoms with E-state index in [9.17, 15) is 47.9 Å². The maximum Gasteiger partial charge on any atom is 0.534 e. The van der Waals surface area contributed by atoms with Crippen LogP contribution in [0.1, 0.15) is 0 Å². The van der Waals surface area contributed by atoms with Crippen LogP contribution in [-0.4, -0.2) is 44.8 Å². The van der Waals surface area contributed by atoms with E-state index in [1.54, 1.807) is 0 Å². The predicted octanol–water partition coefficient (Wildman–Crippen LogP) is 0.180. The van der Waals surface area contributed by atoms with Crippen molar-refractivity contribution in [2.24, 2.45) is 0 Å². The van der Waals surface area contributed by atoms with Gasteiger partial charge in [-0.1, -0.05) is 0 Å². The zero-order valence-electron chi connectivity index (χ0n) is 10.4. The second kappa shape index (κ2) is 7.55. The lowest BCUT2D eigenvalue weighted by Gasteiger charge is -2.13. The highest BCUT2D eigenvalue weighted by molar-refractivity contribution is 7.87. The lowest BCUT2D eigenvalue weighted by atomic mass is 10.4. The molecule has 0 aromatic rings. The monoisotopic (exact) mass is 421 g/mol.